The van der Waals surface area contributed by atoms with Crippen LogP contribution in [-0.4, -0.2) is 51.0 Å². The summed E-state index contributed by atoms with van der Waals surface area (Å²) >= 11 is 0. The number of imide groups is 1. The van der Waals surface area contributed by atoms with Gasteiger partial charge in [-0.15, -0.1) is 0 Å². The molecule has 2 heterocycles. The number of fused-ring (bicyclic) bond motifs is 1. The normalized spacial score (nSPS) is 13.5. The molecule has 1 aromatic heterocycles. The fourth-order valence-electron chi connectivity index (χ4n) is 4.23. The number of hydrogen-bond acceptors (Lipinski definition) is 6. The third-order valence-electron chi connectivity index (χ3n) is 6.32. The van der Waals surface area contributed by atoms with Crippen molar-refractivity contribution in [1.82, 2.24) is 20.0 Å². The van der Waals surface area contributed by atoms with E-state index in [4.69, 9.17) is 4.74 Å². The van der Waals surface area contributed by atoms with Crippen LogP contribution in [0.3, 0.4) is 0 Å². The minimum atomic E-state index is -1.16. The van der Waals surface area contributed by atoms with E-state index in [2.05, 4.69) is 10.4 Å². The summed E-state index contributed by atoms with van der Waals surface area (Å²) < 4.78 is 7.00. The van der Waals surface area contributed by atoms with Gasteiger partial charge in [-0.2, -0.15) is 5.10 Å². The minimum absolute atomic E-state index is 0.232. The van der Waals surface area contributed by atoms with Crippen molar-refractivity contribution in [1.29, 1.82) is 0 Å². The van der Waals surface area contributed by atoms with E-state index in [0.29, 0.717) is 6.54 Å². The number of nitrogens with one attached hydrogen (secondary N) is 1. The molecule has 3 aromatic rings. The molecule has 0 fully saturated rings. The first-order valence-corrected chi connectivity index (χ1v) is 11.7. The lowest BCUT2D eigenvalue weighted by Crippen LogP contribution is -2.44. The van der Waals surface area contributed by atoms with E-state index in [1.807, 2.05) is 55.8 Å². The number of aromatic nitrogens is 2. The number of rotatable bonds is 8. The van der Waals surface area contributed by atoms with Crippen LogP contribution in [0.25, 0.3) is 0 Å². The molecule has 0 saturated carbocycles. The van der Waals surface area contributed by atoms with Gasteiger partial charge in [0.05, 0.1) is 23.4 Å². The zero-order valence-electron chi connectivity index (χ0n) is 20.7. The lowest BCUT2D eigenvalue weighted by molar-refractivity contribution is -0.151. The molecule has 186 valence electrons. The Morgan fingerprint density at radius 1 is 1.00 bits per heavy atom. The average Bonchev–Trinajstić information content (AvgIpc) is 3.26. The average molecular weight is 489 g/mol. The molecule has 0 spiro atoms. The smallest absolute Gasteiger partial charge is 0.329 e. The van der Waals surface area contributed by atoms with Gasteiger partial charge in [0, 0.05) is 17.8 Å². The summed E-state index contributed by atoms with van der Waals surface area (Å²) in [5.41, 5.74) is 5.09. The molecular weight excluding hydrogens is 460 g/mol. The quantitative estimate of drug-likeness (QED) is 0.386. The van der Waals surface area contributed by atoms with E-state index in [-0.39, 0.29) is 17.7 Å². The summed E-state index contributed by atoms with van der Waals surface area (Å²) in [6.07, 6.45) is 0. The molecule has 1 aliphatic rings. The van der Waals surface area contributed by atoms with Gasteiger partial charge in [-0.3, -0.25) is 24.0 Å². The summed E-state index contributed by atoms with van der Waals surface area (Å²) in [6.45, 7) is 7.36. The Morgan fingerprint density at radius 2 is 1.69 bits per heavy atom. The second-order valence-electron chi connectivity index (χ2n) is 8.88. The van der Waals surface area contributed by atoms with Gasteiger partial charge in [-0.05, 0) is 45.4 Å². The zero-order valence-corrected chi connectivity index (χ0v) is 20.7. The van der Waals surface area contributed by atoms with E-state index < -0.39 is 36.3 Å². The Balaban J connectivity index is 1.31. The van der Waals surface area contributed by atoms with Crippen LogP contribution in [0.4, 0.5) is 0 Å². The van der Waals surface area contributed by atoms with Gasteiger partial charge in [-0.1, -0.05) is 42.0 Å². The largest absolute Gasteiger partial charge is 0.454 e. The monoisotopic (exact) mass is 488 g/mol. The molecule has 0 aliphatic carbocycles. The van der Waals surface area contributed by atoms with Crippen molar-refractivity contribution < 1.29 is 23.9 Å². The van der Waals surface area contributed by atoms with E-state index in [0.717, 1.165) is 33.0 Å². The Hall–Kier alpha value is -4.27. The Kier molecular flexibility index (Phi) is 7.00. The molecule has 1 N–H and O–H groups in total. The van der Waals surface area contributed by atoms with Crippen LogP contribution in [0.1, 0.15) is 55.7 Å². The third kappa shape index (κ3) is 4.91. The number of hydrogen-bond donors (Lipinski definition) is 1. The van der Waals surface area contributed by atoms with Crippen molar-refractivity contribution in [3.05, 3.63) is 87.7 Å². The molecule has 2 aromatic carbocycles. The Labute approximate surface area is 209 Å². The molecule has 9 heteroatoms. The summed E-state index contributed by atoms with van der Waals surface area (Å²) in [6, 6.07) is 13.7. The highest BCUT2D eigenvalue weighted by molar-refractivity contribution is 6.22. The second-order valence-corrected chi connectivity index (χ2v) is 8.88. The summed E-state index contributed by atoms with van der Waals surface area (Å²) in [7, 11) is 0. The molecule has 9 nitrogen and oxygen atoms in total. The maximum atomic E-state index is 12.7. The highest BCUT2D eigenvalue weighted by Crippen LogP contribution is 2.26. The van der Waals surface area contributed by atoms with E-state index in [9.17, 15) is 19.2 Å². The van der Waals surface area contributed by atoms with Crippen molar-refractivity contribution in [2.24, 2.45) is 0 Å². The van der Waals surface area contributed by atoms with E-state index in [1.54, 1.807) is 18.2 Å². The van der Waals surface area contributed by atoms with Crippen molar-refractivity contribution in [2.75, 3.05) is 6.61 Å². The number of esters is 1. The zero-order chi connectivity index (χ0) is 26.0. The molecule has 4 rings (SSSR count). The molecule has 1 aliphatic heterocycles. The van der Waals surface area contributed by atoms with Crippen LogP contribution in [-0.2, 0) is 27.4 Å². The first-order valence-electron chi connectivity index (χ1n) is 11.7. The summed E-state index contributed by atoms with van der Waals surface area (Å²) in [5, 5.41) is 7.31. The Morgan fingerprint density at radius 3 is 2.42 bits per heavy atom. The van der Waals surface area contributed by atoms with Crippen molar-refractivity contribution in [2.45, 2.75) is 46.8 Å². The van der Waals surface area contributed by atoms with Gasteiger partial charge in [0.2, 0.25) is 0 Å². The highest BCUT2D eigenvalue weighted by atomic mass is 16.5. The first-order chi connectivity index (χ1) is 17.2. The van der Waals surface area contributed by atoms with Crippen LogP contribution in [0.5, 0.6) is 0 Å². The number of carbonyl (C=O) groups is 4. The number of amides is 3. The van der Waals surface area contributed by atoms with Gasteiger partial charge >= 0.3 is 5.97 Å². The lowest BCUT2D eigenvalue weighted by Gasteiger charge is -2.20. The van der Waals surface area contributed by atoms with Crippen LogP contribution in [0.15, 0.2) is 48.5 Å². The predicted octanol–water partition coefficient (Wildman–Crippen LogP) is 2.70. The van der Waals surface area contributed by atoms with Crippen LogP contribution in [0, 0.1) is 20.8 Å². The second kappa shape index (κ2) is 10.2. The molecule has 0 bridgehead atoms. The predicted molar refractivity (Wildman–Crippen MR) is 131 cm³/mol. The topological polar surface area (TPSA) is 111 Å². The SMILES string of the molecule is Cc1ccc2c(c1)C(=O)N(C(C)C(=O)OCC(=O)NCc1c(C)nn(Cc3ccccc3)c1C)C2=O. The minimum Gasteiger partial charge on any atom is -0.454 e. The van der Waals surface area contributed by atoms with Gasteiger partial charge < -0.3 is 10.1 Å². The van der Waals surface area contributed by atoms with E-state index >= 15 is 0 Å². The number of carbonyl (C=O) groups excluding carboxylic acids is 4. The summed E-state index contributed by atoms with van der Waals surface area (Å²) in [5.74, 6) is -2.43. The molecule has 0 radical (unpaired) electrons. The molecule has 3 amide bonds. The van der Waals surface area contributed by atoms with Gasteiger partial charge in [-0.25, -0.2) is 4.79 Å². The lowest BCUT2D eigenvalue weighted by atomic mass is 10.1. The number of benzene rings is 2. The van der Waals surface area contributed by atoms with Crippen LogP contribution >= 0.6 is 0 Å². The number of aryl methyl sites for hydroxylation is 2. The van der Waals surface area contributed by atoms with Crippen LogP contribution in [0.2, 0.25) is 0 Å². The number of ether oxygens (including phenoxy) is 1. The highest BCUT2D eigenvalue weighted by Gasteiger charge is 2.41. The standard InChI is InChI=1S/C27H28N4O5/c1-16-10-11-21-22(12-16)26(34)31(25(21)33)19(4)27(35)36-15-24(32)28-13-23-17(2)29-30(18(23)3)14-20-8-6-5-7-9-20/h5-12,19H,13-15H2,1-4H3,(H,28,32). The van der Waals surface area contributed by atoms with E-state index in [1.165, 1.54) is 6.92 Å². The molecule has 0 saturated heterocycles. The Bertz CT molecular complexity index is 1350. The molecule has 1 atom stereocenters. The number of nitrogens with zero attached hydrogens (tertiary/aromatic N) is 3. The van der Waals surface area contributed by atoms with Gasteiger partial charge in [0.15, 0.2) is 6.61 Å². The van der Waals surface area contributed by atoms with Crippen LogP contribution < -0.4 is 5.32 Å². The maximum absolute atomic E-state index is 12.7. The molecule has 1 unspecified atom stereocenters. The first kappa shape index (κ1) is 24.8. The third-order valence-corrected chi connectivity index (χ3v) is 6.32. The van der Waals surface area contributed by atoms with Crippen molar-refractivity contribution >= 4 is 23.7 Å². The molecular formula is C27H28N4O5. The van der Waals surface area contributed by atoms with Gasteiger partial charge in [0.1, 0.15) is 6.04 Å². The maximum Gasteiger partial charge on any atom is 0.329 e. The summed E-state index contributed by atoms with van der Waals surface area (Å²) in [4.78, 5) is 51.1. The van der Waals surface area contributed by atoms with Crippen molar-refractivity contribution in [3.63, 3.8) is 0 Å². The van der Waals surface area contributed by atoms with Gasteiger partial charge in [0.25, 0.3) is 17.7 Å². The fraction of sp³-hybridized carbons (Fsp3) is 0.296. The van der Waals surface area contributed by atoms with Crippen molar-refractivity contribution in [3.8, 4) is 0 Å². The molecule has 36 heavy (non-hydrogen) atoms. The fourth-order valence-corrected chi connectivity index (χ4v) is 4.23.